The summed E-state index contributed by atoms with van der Waals surface area (Å²) < 4.78 is 13.5. The first-order valence-corrected chi connectivity index (χ1v) is 10.3. The fourth-order valence-electron chi connectivity index (χ4n) is 3.63. The number of nitrogens with zero attached hydrogens (tertiary/aromatic N) is 1. The Morgan fingerprint density at radius 1 is 1.24 bits per heavy atom. The normalized spacial score (nSPS) is 20.7. The van der Waals surface area contributed by atoms with Crippen LogP contribution in [0.25, 0.3) is 0 Å². The number of hydrogen-bond acceptors (Lipinski definition) is 3. The Morgan fingerprint density at radius 2 is 1.93 bits per heavy atom. The number of amides is 2. The molecule has 2 amide bonds. The molecule has 3 N–H and O–H groups in total. The standard InChI is InChI=1S/C22H33FN4O2/c1-5-6-7-16(23)10-13-19(28)26-18-14-24-27-20(18)21(29)25-17-11-8-15(9-12-17)22(2,3)4/h5-6,10,14-15,17H,7-9,11-13H2,1-4H3,(H,24,27)(H,25,29)(H,26,28)/b6-5-,16-10+. The molecule has 6 nitrogen and oxygen atoms in total. The molecular weight excluding hydrogens is 371 g/mol. The second-order valence-electron chi connectivity index (χ2n) is 8.72. The van der Waals surface area contributed by atoms with E-state index in [2.05, 4.69) is 41.6 Å². The van der Waals surface area contributed by atoms with Crippen molar-refractivity contribution in [2.24, 2.45) is 11.3 Å². The lowest BCUT2D eigenvalue weighted by Gasteiger charge is -2.37. The number of nitrogens with one attached hydrogen (secondary N) is 3. The molecule has 0 aliphatic heterocycles. The lowest BCUT2D eigenvalue weighted by atomic mass is 9.71. The molecular formula is C22H33FN4O2. The molecule has 1 aliphatic carbocycles. The summed E-state index contributed by atoms with van der Waals surface area (Å²) in [6.45, 7) is 8.59. The van der Waals surface area contributed by atoms with Gasteiger partial charge in [0.25, 0.3) is 5.91 Å². The Balaban J connectivity index is 1.87. The lowest BCUT2D eigenvalue weighted by molar-refractivity contribution is -0.115. The predicted molar refractivity (Wildman–Crippen MR) is 113 cm³/mol. The summed E-state index contributed by atoms with van der Waals surface area (Å²) in [5.41, 5.74) is 0.809. The third-order valence-corrected chi connectivity index (χ3v) is 5.49. The van der Waals surface area contributed by atoms with Gasteiger partial charge in [0.05, 0.1) is 11.9 Å². The van der Waals surface area contributed by atoms with Crippen molar-refractivity contribution in [3.05, 3.63) is 35.9 Å². The van der Waals surface area contributed by atoms with Gasteiger partial charge in [-0.2, -0.15) is 5.10 Å². The second kappa shape index (κ2) is 10.4. The number of carbonyl (C=O) groups excluding carboxylic acids is 2. The first kappa shape index (κ1) is 22.8. The van der Waals surface area contributed by atoms with E-state index >= 15 is 0 Å². The van der Waals surface area contributed by atoms with Crippen molar-refractivity contribution in [3.63, 3.8) is 0 Å². The molecule has 29 heavy (non-hydrogen) atoms. The van der Waals surface area contributed by atoms with Crippen LogP contribution in [-0.4, -0.2) is 28.1 Å². The molecule has 1 fully saturated rings. The second-order valence-corrected chi connectivity index (χ2v) is 8.72. The highest BCUT2D eigenvalue weighted by Gasteiger charge is 2.30. The zero-order chi connectivity index (χ0) is 21.4. The smallest absolute Gasteiger partial charge is 0.271 e. The van der Waals surface area contributed by atoms with E-state index in [1.807, 2.05) is 6.92 Å². The van der Waals surface area contributed by atoms with Crippen molar-refractivity contribution in [3.8, 4) is 0 Å². The molecule has 7 heteroatoms. The highest BCUT2D eigenvalue weighted by atomic mass is 19.1. The molecule has 160 valence electrons. The molecule has 0 spiro atoms. The highest BCUT2D eigenvalue weighted by Crippen LogP contribution is 2.37. The maximum absolute atomic E-state index is 13.5. The molecule has 1 saturated carbocycles. The number of anilines is 1. The van der Waals surface area contributed by atoms with Crippen LogP contribution in [0.4, 0.5) is 10.1 Å². The maximum atomic E-state index is 13.5. The molecule has 2 rings (SSSR count). The third-order valence-electron chi connectivity index (χ3n) is 5.49. The van der Waals surface area contributed by atoms with Gasteiger partial charge in [-0.25, -0.2) is 4.39 Å². The Hall–Kier alpha value is -2.44. The summed E-state index contributed by atoms with van der Waals surface area (Å²) in [5, 5.41) is 12.2. The topological polar surface area (TPSA) is 86.9 Å². The number of aromatic nitrogens is 2. The van der Waals surface area contributed by atoms with E-state index < -0.39 is 5.91 Å². The zero-order valence-corrected chi connectivity index (χ0v) is 17.8. The summed E-state index contributed by atoms with van der Waals surface area (Å²) in [6.07, 6.45) is 10.2. The van der Waals surface area contributed by atoms with Crippen LogP contribution in [0.2, 0.25) is 0 Å². The van der Waals surface area contributed by atoms with E-state index in [4.69, 9.17) is 0 Å². The van der Waals surface area contributed by atoms with E-state index in [1.54, 1.807) is 12.2 Å². The van der Waals surface area contributed by atoms with E-state index in [1.165, 1.54) is 12.3 Å². The van der Waals surface area contributed by atoms with Crippen molar-refractivity contribution < 1.29 is 14.0 Å². The van der Waals surface area contributed by atoms with Gasteiger partial charge in [0, 0.05) is 18.9 Å². The number of hydrogen-bond donors (Lipinski definition) is 3. The van der Waals surface area contributed by atoms with Crippen molar-refractivity contribution in [2.75, 3.05) is 5.32 Å². The number of allylic oxidation sites excluding steroid dienone is 3. The van der Waals surface area contributed by atoms with Crippen LogP contribution in [0.15, 0.2) is 30.3 Å². The van der Waals surface area contributed by atoms with Crippen LogP contribution in [0.5, 0.6) is 0 Å². The van der Waals surface area contributed by atoms with Gasteiger partial charge in [-0.1, -0.05) is 32.9 Å². The van der Waals surface area contributed by atoms with Crippen molar-refractivity contribution in [2.45, 2.75) is 72.3 Å². The van der Waals surface area contributed by atoms with Crippen LogP contribution in [0, 0.1) is 11.3 Å². The summed E-state index contributed by atoms with van der Waals surface area (Å²) in [7, 11) is 0. The number of carbonyl (C=O) groups is 2. The molecule has 1 aromatic rings. The largest absolute Gasteiger partial charge is 0.348 e. The van der Waals surface area contributed by atoms with Gasteiger partial charge in [-0.05, 0) is 50.0 Å². The van der Waals surface area contributed by atoms with E-state index in [0.717, 1.165) is 25.7 Å². The predicted octanol–water partition coefficient (Wildman–Crippen LogP) is 4.89. The summed E-state index contributed by atoms with van der Waals surface area (Å²) in [4.78, 5) is 24.7. The molecule has 0 aromatic carbocycles. The Labute approximate surface area is 172 Å². The van der Waals surface area contributed by atoms with Gasteiger partial charge >= 0.3 is 0 Å². The van der Waals surface area contributed by atoms with Gasteiger partial charge < -0.3 is 10.6 Å². The monoisotopic (exact) mass is 404 g/mol. The zero-order valence-electron chi connectivity index (χ0n) is 17.8. The molecule has 0 saturated heterocycles. The lowest BCUT2D eigenvalue weighted by Crippen LogP contribution is -2.39. The average Bonchev–Trinajstić information content (AvgIpc) is 3.12. The van der Waals surface area contributed by atoms with Crippen LogP contribution >= 0.6 is 0 Å². The average molecular weight is 405 g/mol. The SMILES string of the molecule is C/C=C\C/C(F)=C\CC(=O)Nc1cn[nH]c1C(=O)NC1CCC(C(C)(C)C)CC1. The maximum Gasteiger partial charge on any atom is 0.271 e. The first-order valence-electron chi connectivity index (χ1n) is 10.3. The van der Waals surface area contributed by atoms with Gasteiger partial charge in [0.1, 0.15) is 11.5 Å². The Morgan fingerprint density at radius 3 is 2.55 bits per heavy atom. The fourth-order valence-corrected chi connectivity index (χ4v) is 3.63. The fraction of sp³-hybridized carbons (Fsp3) is 0.591. The summed E-state index contributed by atoms with van der Waals surface area (Å²) >= 11 is 0. The Bertz CT molecular complexity index is 753. The molecule has 0 unspecified atom stereocenters. The minimum absolute atomic E-state index is 0.105. The third kappa shape index (κ3) is 7.15. The van der Waals surface area contributed by atoms with E-state index in [9.17, 15) is 14.0 Å². The quantitative estimate of drug-likeness (QED) is 0.565. The summed E-state index contributed by atoms with van der Waals surface area (Å²) in [5.74, 6) is -0.387. The molecule has 1 heterocycles. The molecule has 1 aliphatic rings. The molecule has 0 radical (unpaired) electrons. The Kier molecular flexibility index (Phi) is 8.17. The van der Waals surface area contributed by atoms with Crippen molar-refractivity contribution in [1.29, 1.82) is 0 Å². The van der Waals surface area contributed by atoms with Gasteiger partial charge in [0.15, 0.2) is 0 Å². The van der Waals surface area contributed by atoms with E-state index in [-0.39, 0.29) is 41.7 Å². The molecule has 0 bridgehead atoms. The van der Waals surface area contributed by atoms with Crippen LogP contribution in [0.1, 0.15) is 76.7 Å². The number of halogens is 1. The van der Waals surface area contributed by atoms with Crippen LogP contribution < -0.4 is 10.6 Å². The van der Waals surface area contributed by atoms with Gasteiger partial charge in [-0.3, -0.25) is 14.7 Å². The van der Waals surface area contributed by atoms with E-state index in [0.29, 0.717) is 11.6 Å². The van der Waals surface area contributed by atoms with Crippen molar-refractivity contribution in [1.82, 2.24) is 15.5 Å². The number of rotatable bonds is 7. The molecule has 0 atom stereocenters. The minimum Gasteiger partial charge on any atom is -0.348 e. The highest BCUT2D eigenvalue weighted by molar-refractivity contribution is 6.02. The van der Waals surface area contributed by atoms with Gasteiger partial charge in [0.2, 0.25) is 5.91 Å². The van der Waals surface area contributed by atoms with Crippen molar-refractivity contribution >= 4 is 17.5 Å². The number of H-pyrrole nitrogens is 1. The number of aromatic amines is 1. The first-order chi connectivity index (χ1) is 13.7. The molecule has 1 aromatic heterocycles. The van der Waals surface area contributed by atoms with Crippen LogP contribution in [0.3, 0.4) is 0 Å². The van der Waals surface area contributed by atoms with Crippen LogP contribution in [-0.2, 0) is 4.79 Å². The summed E-state index contributed by atoms with van der Waals surface area (Å²) in [6, 6.07) is 0.122. The minimum atomic E-state index is -0.401. The van der Waals surface area contributed by atoms with Gasteiger partial charge in [-0.15, -0.1) is 0 Å².